The van der Waals surface area contributed by atoms with E-state index in [9.17, 15) is 9.59 Å². The number of benzene rings is 1. The van der Waals surface area contributed by atoms with Gasteiger partial charge in [-0.25, -0.2) is 9.64 Å². The van der Waals surface area contributed by atoms with Crippen molar-refractivity contribution >= 4 is 35.1 Å². The van der Waals surface area contributed by atoms with Crippen molar-refractivity contribution in [2.45, 2.75) is 95.9 Å². The minimum absolute atomic E-state index is 0.0489. The largest absolute Gasteiger partial charge is 0.490 e. The summed E-state index contributed by atoms with van der Waals surface area (Å²) in [4.78, 5) is 35.5. The molecule has 1 N–H and O–H groups in total. The van der Waals surface area contributed by atoms with Crippen LogP contribution in [0.3, 0.4) is 0 Å². The van der Waals surface area contributed by atoms with Crippen LogP contribution < -0.4 is 15.0 Å². The number of hydrogen-bond donors (Lipinski definition) is 1. The van der Waals surface area contributed by atoms with Gasteiger partial charge in [-0.2, -0.15) is 0 Å². The van der Waals surface area contributed by atoms with Crippen molar-refractivity contribution in [2.75, 3.05) is 44.2 Å². The van der Waals surface area contributed by atoms with E-state index < -0.39 is 5.60 Å². The highest BCUT2D eigenvalue weighted by atomic mass is 35.5. The second-order valence-electron chi connectivity index (χ2n) is 14.7. The van der Waals surface area contributed by atoms with Crippen LogP contribution in [0.2, 0.25) is 5.02 Å². The van der Waals surface area contributed by atoms with Crippen LogP contribution in [0.15, 0.2) is 30.3 Å². The lowest BCUT2D eigenvalue weighted by atomic mass is 9.71. The van der Waals surface area contributed by atoms with Crippen LogP contribution in [-0.2, 0) is 4.74 Å². The highest BCUT2D eigenvalue weighted by Gasteiger charge is 2.47. The minimum Gasteiger partial charge on any atom is -0.490 e. The number of carbonyl (C=O) groups excluding carboxylic acids is 2. The van der Waals surface area contributed by atoms with Crippen LogP contribution in [0, 0.1) is 12.0 Å². The lowest BCUT2D eigenvalue weighted by molar-refractivity contribution is -0.0624. The van der Waals surface area contributed by atoms with Gasteiger partial charge in [0, 0.05) is 51.4 Å². The zero-order chi connectivity index (χ0) is 33.2. The van der Waals surface area contributed by atoms with E-state index in [1.807, 2.05) is 31.7 Å². The van der Waals surface area contributed by atoms with Gasteiger partial charge >= 0.3 is 6.09 Å². The number of hydrogen-bond acceptors (Lipinski definition) is 8. The first-order chi connectivity index (χ1) is 22.5. The number of nitrogens with zero attached hydrogens (tertiary/aromatic N) is 6. The minimum atomic E-state index is -0.460. The first-order valence-corrected chi connectivity index (χ1v) is 17.3. The average Bonchev–Trinajstić information content (AvgIpc) is 3.04. The molecule has 0 radical (unpaired) electrons. The van der Waals surface area contributed by atoms with E-state index in [2.05, 4.69) is 30.2 Å². The third-order valence-corrected chi connectivity index (χ3v) is 10.4. The quantitative estimate of drug-likeness (QED) is 0.370. The van der Waals surface area contributed by atoms with Crippen LogP contribution in [0.25, 0.3) is 4.85 Å². The first kappa shape index (κ1) is 33.3. The van der Waals surface area contributed by atoms with Crippen molar-refractivity contribution in [1.29, 1.82) is 0 Å². The summed E-state index contributed by atoms with van der Waals surface area (Å²) in [5, 5.41) is 12.2. The van der Waals surface area contributed by atoms with Gasteiger partial charge in [-0.3, -0.25) is 9.69 Å². The van der Waals surface area contributed by atoms with Gasteiger partial charge in [0.15, 0.2) is 11.5 Å². The molecule has 252 valence electrons. The van der Waals surface area contributed by atoms with Crippen LogP contribution >= 0.6 is 11.6 Å². The molecule has 3 aliphatic heterocycles. The zero-order valence-electron chi connectivity index (χ0n) is 27.7. The number of piperidine rings is 2. The summed E-state index contributed by atoms with van der Waals surface area (Å²) >= 11 is 6.14. The topological polar surface area (TPSA) is 104 Å². The molecule has 0 unspecified atom stereocenters. The van der Waals surface area contributed by atoms with E-state index in [1.54, 1.807) is 24.3 Å². The molecule has 11 nitrogen and oxygen atoms in total. The molecule has 0 bridgehead atoms. The van der Waals surface area contributed by atoms with Gasteiger partial charge in [0.1, 0.15) is 11.4 Å². The SMILES string of the molecule is [C-]#[N+]c1ccc(OC2CCC(NC(=O)c3ccc(N4CCC5(CC4)CN(C4CCN(C(=O)OC(C)(C)C)CC4)C5)nn3)CC2)cc1Cl. The van der Waals surface area contributed by atoms with Crippen LogP contribution in [0.4, 0.5) is 16.3 Å². The van der Waals surface area contributed by atoms with Crippen LogP contribution in [0.1, 0.15) is 82.6 Å². The third-order valence-electron chi connectivity index (χ3n) is 10.1. The molecule has 4 heterocycles. The molecule has 0 atom stereocenters. The molecule has 1 aliphatic carbocycles. The molecule has 1 saturated carbocycles. The first-order valence-electron chi connectivity index (χ1n) is 16.9. The Morgan fingerprint density at radius 1 is 0.979 bits per heavy atom. The number of carbonyl (C=O) groups is 2. The predicted molar refractivity (Wildman–Crippen MR) is 180 cm³/mol. The summed E-state index contributed by atoms with van der Waals surface area (Å²) in [6.07, 6.45) is 7.37. The number of aromatic nitrogens is 2. The average molecular weight is 664 g/mol. The lowest BCUT2D eigenvalue weighted by Crippen LogP contribution is -2.64. The summed E-state index contributed by atoms with van der Waals surface area (Å²) in [6, 6.07) is 9.45. The number of rotatable bonds is 6. The highest BCUT2D eigenvalue weighted by molar-refractivity contribution is 6.33. The van der Waals surface area contributed by atoms with Crippen molar-refractivity contribution < 1.29 is 19.1 Å². The third kappa shape index (κ3) is 8.10. The Balaban J connectivity index is 0.896. The van der Waals surface area contributed by atoms with E-state index in [1.165, 1.54) is 0 Å². The fourth-order valence-corrected chi connectivity index (χ4v) is 7.60. The van der Waals surface area contributed by atoms with Crippen LogP contribution in [-0.4, -0.2) is 95.1 Å². The molecule has 4 aliphatic rings. The summed E-state index contributed by atoms with van der Waals surface area (Å²) in [5.41, 5.74) is 0.659. The van der Waals surface area contributed by atoms with E-state index in [4.69, 9.17) is 27.6 Å². The monoisotopic (exact) mass is 663 g/mol. The lowest BCUT2D eigenvalue weighted by Gasteiger charge is -2.57. The van der Waals surface area contributed by atoms with E-state index >= 15 is 0 Å². The number of halogens is 1. The van der Waals surface area contributed by atoms with Gasteiger partial charge in [-0.15, -0.1) is 10.2 Å². The van der Waals surface area contributed by atoms with E-state index in [-0.39, 0.29) is 24.1 Å². The number of amides is 2. The molecular weight excluding hydrogens is 618 g/mol. The van der Waals surface area contributed by atoms with Gasteiger partial charge in [0.05, 0.1) is 17.7 Å². The summed E-state index contributed by atoms with van der Waals surface area (Å²) in [5.74, 6) is 1.29. The smallest absolute Gasteiger partial charge is 0.410 e. The van der Waals surface area contributed by atoms with Crippen molar-refractivity contribution in [3.63, 3.8) is 0 Å². The number of nitrogens with one attached hydrogen (secondary N) is 1. The Bertz CT molecular complexity index is 1460. The summed E-state index contributed by atoms with van der Waals surface area (Å²) in [7, 11) is 0. The van der Waals surface area contributed by atoms with Crippen molar-refractivity contribution in [1.82, 2.24) is 25.3 Å². The number of ether oxygens (including phenoxy) is 2. The Morgan fingerprint density at radius 3 is 2.28 bits per heavy atom. The molecule has 3 saturated heterocycles. The molecule has 6 rings (SSSR count). The molecule has 12 heteroatoms. The Labute approximate surface area is 282 Å². The van der Waals surface area contributed by atoms with Crippen LogP contribution in [0.5, 0.6) is 5.75 Å². The molecule has 2 aromatic rings. The van der Waals surface area contributed by atoms with Crippen molar-refractivity contribution in [3.8, 4) is 5.75 Å². The number of likely N-dealkylation sites (tertiary alicyclic amines) is 2. The summed E-state index contributed by atoms with van der Waals surface area (Å²) < 4.78 is 11.6. The van der Waals surface area contributed by atoms with Gasteiger partial charge in [-0.05, 0) is 102 Å². The fourth-order valence-electron chi connectivity index (χ4n) is 7.38. The zero-order valence-corrected chi connectivity index (χ0v) is 28.5. The molecule has 2 amide bonds. The maximum absolute atomic E-state index is 12.9. The fraction of sp³-hybridized carbons (Fsp3) is 0.629. The second kappa shape index (κ2) is 13.9. The van der Waals surface area contributed by atoms with Crippen molar-refractivity contribution in [2.24, 2.45) is 5.41 Å². The van der Waals surface area contributed by atoms with Gasteiger partial charge in [-0.1, -0.05) is 17.7 Å². The summed E-state index contributed by atoms with van der Waals surface area (Å²) in [6.45, 7) is 18.5. The normalized spacial score (nSPS) is 23.5. The molecule has 47 heavy (non-hydrogen) atoms. The molecular formula is C35H46ClN7O4. The highest BCUT2D eigenvalue weighted by Crippen LogP contribution is 2.43. The Kier molecular flexibility index (Phi) is 9.81. The molecule has 1 aromatic carbocycles. The van der Waals surface area contributed by atoms with Gasteiger partial charge in [0.25, 0.3) is 5.91 Å². The second-order valence-corrected chi connectivity index (χ2v) is 15.1. The maximum atomic E-state index is 12.9. The molecule has 1 aromatic heterocycles. The molecule has 1 spiro atoms. The predicted octanol–water partition coefficient (Wildman–Crippen LogP) is 6.10. The van der Waals surface area contributed by atoms with Gasteiger partial charge < -0.3 is 24.6 Å². The Hall–Kier alpha value is -3.62. The Morgan fingerprint density at radius 2 is 1.68 bits per heavy atom. The van der Waals surface area contributed by atoms with Gasteiger partial charge in [0.2, 0.25) is 5.69 Å². The van der Waals surface area contributed by atoms with E-state index in [0.717, 1.165) is 96.5 Å². The maximum Gasteiger partial charge on any atom is 0.410 e. The van der Waals surface area contributed by atoms with Crippen molar-refractivity contribution in [3.05, 3.63) is 52.5 Å². The van der Waals surface area contributed by atoms with E-state index in [0.29, 0.717) is 33.6 Å². The number of anilines is 1. The standard InChI is InChI=1S/C35H46ClN7O4/c1-34(2,3)47-33(45)42-17-13-25(14-18-42)43-22-35(23-43)15-19-41(20-16-35)31-12-11-30(39-40-31)32(44)38-24-5-7-26(8-6-24)46-27-9-10-29(37-4)28(36)21-27/h9-12,21,24-26H,5-8,13-20,22-23H2,1-3H3,(H,38,44). The molecule has 4 fully saturated rings.